The highest BCUT2D eigenvalue weighted by molar-refractivity contribution is 6.08. The number of hydrogen-bond acceptors (Lipinski definition) is 1. The van der Waals surface area contributed by atoms with Crippen LogP contribution < -0.4 is 4.74 Å². The van der Waals surface area contributed by atoms with Crippen molar-refractivity contribution < 1.29 is 4.74 Å². The van der Waals surface area contributed by atoms with E-state index in [2.05, 4.69) is 133 Å². The smallest absolute Gasteiger partial charge is 0.178 e. The fourth-order valence-corrected chi connectivity index (χ4v) is 9.61. The van der Waals surface area contributed by atoms with Crippen LogP contribution in [0.4, 0.5) is 0 Å². The molecule has 10 rings (SSSR count). The van der Waals surface area contributed by atoms with Crippen LogP contribution in [0.3, 0.4) is 0 Å². The van der Waals surface area contributed by atoms with Crippen molar-refractivity contribution in [1.29, 1.82) is 0 Å². The molecular weight excluding hydrogens is 520 g/mol. The molecule has 0 radical (unpaired) electrons. The molecule has 0 amide bonds. The third-order valence-corrected chi connectivity index (χ3v) is 11.3. The van der Waals surface area contributed by atoms with Gasteiger partial charge in [-0.15, -0.1) is 0 Å². The van der Waals surface area contributed by atoms with Crippen LogP contribution in [0.25, 0.3) is 38.7 Å². The number of fused-ring (bicyclic) bond motifs is 14. The molecule has 1 nitrogen and oxygen atoms in total. The lowest BCUT2D eigenvalue weighted by atomic mass is 9.65. The third-order valence-electron chi connectivity index (χ3n) is 11.3. The summed E-state index contributed by atoms with van der Waals surface area (Å²) in [6, 6.07) is 44.5. The van der Waals surface area contributed by atoms with E-state index < -0.39 is 5.60 Å². The van der Waals surface area contributed by atoms with Crippen LogP contribution in [-0.4, -0.2) is 0 Å². The van der Waals surface area contributed by atoms with Gasteiger partial charge in [0.25, 0.3) is 0 Å². The number of rotatable bonds is 2. The minimum Gasteiger partial charge on any atom is -0.472 e. The summed E-state index contributed by atoms with van der Waals surface area (Å²) in [7, 11) is 0. The largest absolute Gasteiger partial charge is 0.472 e. The first kappa shape index (κ1) is 23.9. The Hall–Kier alpha value is -4.62. The van der Waals surface area contributed by atoms with Gasteiger partial charge in [-0.25, -0.2) is 0 Å². The Balaban J connectivity index is 1.29. The predicted octanol–water partition coefficient (Wildman–Crippen LogP) is 10.4. The van der Waals surface area contributed by atoms with Crippen molar-refractivity contribution in [2.45, 2.75) is 36.7 Å². The quantitative estimate of drug-likeness (QED) is 0.208. The number of benzene rings is 6. The summed E-state index contributed by atoms with van der Waals surface area (Å²) in [6.45, 7) is 0. The second kappa shape index (κ2) is 8.48. The van der Waals surface area contributed by atoms with Crippen LogP contribution >= 0.6 is 0 Å². The summed E-state index contributed by atoms with van der Waals surface area (Å²) in [5.41, 5.74) is 8.91. The Morgan fingerprint density at radius 1 is 0.651 bits per heavy atom. The van der Waals surface area contributed by atoms with Gasteiger partial charge in [0.1, 0.15) is 5.75 Å². The highest BCUT2D eigenvalue weighted by Gasteiger charge is 2.58. The van der Waals surface area contributed by atoms with Crippen molar-refractivity contribution in [3.63, 3.8) is 0 Å². The van der Waals surface area contributed by atoms with Crippen LogP contribution in [-0.2, 0) is 11.0 Å². The van der Waals surface area contributed by atoms with Gasteiger partial charge in [-0.1, -0.05) is 128 Å². The zero-order chi connectivity index (χ0) is 28.2. The Bertz CT molecular complexity index is 2140. The summed E-state index contributed by atoms with van der Waals surface area (Å²) >= 11 is 0. The zero-order valence-electron chi connectivity index (χ0n) is 24.1. The maximum absolute atomic E-state index is 7.57. The van der Waals surface area contributed by atoms with Crippen LogP contribution in [0.2, 0.25) is 0 Å². The topological polar surface area (TPSA) is 9.23 Å². The van der Waals surface area contributed by atoms with Crippen LogP contribution in [0.5, 0.6) is 5.75 Å². The standard InChI is InChI=1S/C42H32O/c1-2-12-30(13-3-1)42(32-21-19-28-10-4-5-11-29(28)25-32)23-22-36-39-38(33-14-6-7-15-34(33)40(36)43-42)35-16-8-9-17-37(35)41(39)26-27-18-20-31(41)24-27/h1-17,19,21-23,25,27,31H,18,20,24,26H2. The maximum atomic E-state index is 7.57. The first-order valence-corrected chi connectivity index (χ1v) is 15.9. The molecule has 3 aliphatic carbocycles. The average molecular weight is 553 g/mol. The molecule has 1 heteroatoms. The van der Waals surface area contributed by atoms with Gasteiger partial charge in [0.15, 0.2) is 5.60 Å². The van der Waals surface area contributed by atoms with Crippen molar-refractivity contribution in [3.8, 4) is 16.9 Å². The summed E-state index contributed by atoms with van der Waals surface area (Å²) in [6.07, 6.45) is 10.1. The van der Waals surface area contributed by atoms with Crippen LogP contribution in [0.15, 0.2) is 127 Å². The zero-order valence-corrected chi connectivity index (χ0v) is 24.1. The number of ether oxygens (including phenoxy) is 1. The summed E-state index contributed by atoms with van der Waals surface area (Å²) < 4.78 is 7.57. The van der Waals surface area contributed by atoms with Gasteiger partial charge in [-0.3, -0.25) is 0 Å². The van der Waals surface area contributed by atoms with Crippen molar-refractivity contribution in [1.82, 2.24) is 0 Å². The molecule has 4 unspecified atom stereocenters. The molecule has 0 saturated heterocycles. The van der Waals surface area contributed by atoms with Crippen molar-refractivity contribution >= 4 is 27.6 Å². The molecule has 4 atom stereocenters. The number of hydrogen-bond donors (Lipinski definition) is 0. The van der Waals surface area contributed by atoms with E-state index in [1.54, 1.807) is 5.56 Å². The lowest BCUT2D eigenvalue weighted by Gasteiger charge is -2.41. The van der Waals surface area contributed by atoms with Gasteiger partial charge >= 0.3 is 0 Å². The fourth-order valence-electron chi connectivity index (χ4n) is 9.61. The molecule has 0 aromatic heterocycles. The van der Waals surface area contributed by atoms with E-state index in [0.717, 1.165) is 22.8 Å². The monoisotopic (exact) mass is 552 g/mol. The maximum Gasteiger partial charge on any atom is 0.178 e. The second-order valence-corrected chi connectivity index (χ2v) is 13.2. The molecule has 6 aromatic rings. The molecule has 1 aliphatic heterocycles. The van der Waals surface area contributed by atoms with Gasteiger partial charge < -0.3 is 4.74 Å². The molecule has 1 heterocycles. The second-order valence-electron chi connectivity index (χ2n) is 13.2. The molecule has 2 saturated carbocycles. The van der Waals surface area contributed by atoms with E-state index in [1.165, 1.54) is 69.5 Å². The van der Waals surface area contributed by atoms with Gasteiger partial charge in [0.05, 0.1) is 0 Å². The first-order valence-electron chi connectivity index (χ1n) is 15.9. The van der Waals surface area contributed by atoms with E-state index in [0.29, 0.717) is 5.92 Å². The Kier molecular flexibility index (Phi) is 4.71. The first-order chi connectivity index (χ1) is 21.3. The molecule has 43 heavy (non-hydrogen) atoms. The highest BCUT2D eigenvalue weighted by atomic mass is 16.5. The van der Waals surface area contributed by atoms with Gasteiger partial charge in [-0.05, 0) is 81.7 Å². The van der Waals surface area contributed by atoms with E-state index in [4.69, 9.17) is 4.74 Å². The van der Waals surface area contributed by atoms with E-state index >= 15 is 0 Å². The molecule has 206 valence electrons. The molecule has 0 N–H and O–H groups in total. The Morgan fingerprint density at radius 2 is 1.42 bits per heavy atom. The van der Waals surface area contributed by atoms with Gasteiger partial charge in [-0.2, -0.15) is 0 Å². The van der Waals surface area contributed by atoms with Gasteiger partial charge in [0, 0.05) is 27.5 Å². The van der Waals surface area contributed by atoms with E-state index in [1.807, 2.05) is 0 Å². The molecule has 6 aromatic carbocycles. The summed E-state index contributed by atoms with van der Waals surface area (Å²) in [5, 5.41) is 5.00. The van der Waals surface area contributed by atoms with Crippen molar-refractivity contribution in [2.75, 3.05) is 0 Å². The minimum absolute atomic E-state index is 0.0757. The molecule has 2 fully saturated rings. The van der Waals surface area contributed by atoms with Crippen LogP contribution in [0, 0.1) is 11.8 Å². The molecule has 1 spiro atoms. The molecule has 4 aliphatic rings. The summed E-state index contributed by atoms with van der Waals surface area (Å²) in [4.78, 5) is 0. The normalized spacial score (nSPS) is 26.0. The Labute approximate surface area is 252 Å². The lowest BCUT2D eigenvalue weighted by molar-refractivity contribution is 0.163. The van der Waals surface area contributed by atoms with Crippen LogP contribution in [0.1, 0.15) is 53.5 Å². The minimum atomic E-state index is -0.734. The average Bonchev–Trinajstić information content (AvgIpc) is 3.78. The van der Waals surface area contributed by atoms with Gasteiger partial charge in [0.2, 0.25) is 0 Å². The lowest BCUT2D eigenvalue weighted by Crippen LogP contribution is -2.36. The predicted molar refractivity (Wildman–Crippen MR) is 176 cm³/mol. The van der Waals surface area contributed by atoms with Crippen molar-refractivity contribution in [2.24, 2.45) is 11.8 Å². The Morgan fingerprint density at radius 3 is 2.26 bits per heavy atom. The fraction of sp³-hybridized carbons (Fsp3) is 0.190. The highest BCUT2D eigenvalue weighted by Crippen LogP contribution is 2.68. The SMILES string of the molecule is C1=CC(c2ccccc2)(c2ccc3ccccc3c2)Oc2c1c1c(c3ccccc23)-c2ccccc2C12CC1CCC2C1. The third kappa shape index (κ3) is 3.02. The molecular formula is C42H32O. The van der Waals surface area contributed by atoms with E-state index in [-0.39, 0.29) is 5.41 Å². The summed E-state index contributed by atoms with van der Waals surface area (Å²) in [5.74, 6) is 2.55. The van der Waals surface area contributed by atoms with Crippen molar-refractivity contribution in [3.05, 3.63) is 155 Å². The molecule has 2 bridgehead atoms. The van der Waals surface area contributed by atoms with E-state index in [9.17, 15) is 0 Å².